The summed E-state index contributed by atoms with van der Waals surface area (Å²) in [6.07, 6.45) is 2.48. The lowest BCUT2D eigenvalue weighted by molar-refractivity contribution is -0.143. The van der Waals surface area contributed by atoms with E-state index in [1.54, 1.807) is 65.9 Å². The van der Waals surface area contributed by atoms with Gasteiger partial charge in [0, 0.05) is 23.9 Å². The number of benzene rings is 1. The third-order valence-corrected chi connectivity index (χ3v) is 11.3. The number of rotatable bonds is 11. The van der Waals surface area contributed by atoms with E-state index < -0.39 is 79.7 Å². The van der Waals surface area contributed by atoms with E-state index in [4.69, 9.17) is 25.8 Å². The molecule has 3 N–H and O–H groups in total. The maximum atomic E-state index is 14.4. The van der Waals surface area contributed by atoms with E-state index in [0.29, 0.717) is 29.0 Å². The smallest absolute Gasteiger partial charge is 0.408 e. The van der Waals surface area contributed by atoms with Crippen LogP contribution in [-0.4, -0.2) is 90.3 Å². The lowest BCUT2D eigenvalue weighted by atomic mass is 9.85. The number of sulfonamides is 1. The van der Waals surface area contributed by atoms with Gasteiger partial charge in [0.15, 0.2) is 0 Å². The van der Waals surface area contributed by atoms with Crippen molar-refractivity contribution in [2.24, 2.45) is 11.3 Å². The number of carbonyl (C=O) groups is 4. The molecule has 0 spiro atoms. The first kappa shape index (κ1) is 38.1. The normalized spacial score (nSPS) is 23.9. The van der Waals surface area contributed by atoms with Gasteiger partial charge >= 0.3 is 6.09 Å². The van der Waals surface area contributed by atoms with E-state index in [9.17, 15) is 27.6 Å². The molecule has 0 bridgehead atoms. The molecule has 51 heavy (non-hydrogen) atoms. The van der Waals surface area contributed by atoms with Crippen LogP contribution < -0.4 is 24.8 Å². The van der Waals surface area contributed by atoms with Crippen molar-refractivity contribution in [3.8, 4) is 11.6 Å². The minimum atomic E-state index is -3.91. The van der Waals surface area contributed by atoms with Crippen molar-refractivity contribution in [1.82, 2.24) is 25.2 Å². The van der Waals surface area contributed by atoms with E-state index in [-0.39, 0.29) is 25.3 Å². The Kier molecular flexibility index (Phi) is 10.3. The Bertz CT molecular complexity index is 1850. The molecule has 14 nitrogen and oxygen atoms in total. The lowest BCUT2D eigenvalue weighted by Crippen LogP contribution is -2.60. The molecule has 0 radical (unpaired) electrons. The van der Waals surface area contributed by atoms with E-state index in [2.05, 4.69) is 26.9 Å². The topological polar surface area (TPSA) is 182 Å². The molecule has 3 fully saturated rings. The second-order valence-electron chi connectivity index (χ2n) is 15.4. The molecule has 1 saturated heterocycles. The molecule has 5 unspecified atom stereocenters. The van der Waals surface area contributed by atoms with Gasteiger partial charge in [-0.05, 0) is 69.0 Å². The summed E-state index contributed by atoms with van der Waals surface area (Å²) in [5.74, 6) is -1.99. The summed E-state index contributed by atoms with van der Waals surface area (Å²) < 4.78 is 44.6. The van der Waals surface area contributed by atoms with Crippen LogP contribution in [0.1, 0.15) is 67.2 Å². The largest absolute Gasteiger partial charge is 0.495 e. The fraction of sp³-hybridized carbons (Fsp3) is 0.571. The minimum absolute atomic E-state index is 0.0142. The Labute approximate surface area is 303 Å². The number of halogens is 1. The molecule has 16 heteroatoms. The molecule has 5 atom stereocenters. The maximum Gasteiger partial charge on any atom is 0.408 e. The number of pyridine rings is 1. The number of fused-ring (bicyclic) bond motifs is 1. The first-order valence-electron chi connectivity index (χ1n) is 16.8. The molecule has 5 rings (SSSR count). The molecular formula is C35H46ClN5O9S. The highest BCUT2D eigenvalue weighted by molar-refractivity contribution is 7.91. The molecule has 2 heterocycles. The van der Waals surface area contributed by atoms with E-state index >= 15 is 0 Å². The number of likely N-dealkylation sites (tertiary alicyclic amines) is 1. The predicted octanol–water partition coefficient (Wildman–Crippen LogP) is 3.85. The van der Waals surface area contributed by atoms with Crippen molar-refractivity contribution in [2.75, 3.05) is 13.7 Å². The highest BCUT2D eigenvalue weighted by Crippen LogP contribution is 2.45. The number of nitrogens with one attached hydrogen (secondary N) is 3. The second-order valence-corrected chi connectivity index (χ2v) is 17.8. The molecule has 3 aliphatic rings. The van der Waals surface area contributed by atoms with Gasteiger partial charge in [-0.25, -0.2) is 18.2 Å². The van der Waals surface area contributed by atoms with Crippen LogP contribution in [0.4, 0.5) is 4.79 Å². The van der Waals surface area contributed by atoms with Crippen molar-refractivity contribution < 1.29 is 41.8 Å². The van der Waals surface area contributed by atoms with Crippen molar-refractivity contribution in [3.05, 3.63) is 42.1 Å². The van der Waals surface area contributed by atoms with Crippen LogP contribution in [-0.2, 0) is 29.1 Å². The second kappa shape index (κ2) is 13.8. The molecule has 1 aromatic heterocycles. The first-order valence-corrected chi connectivity index (χ1v) is 18.7. The Morgan fingerprint density at radius 1 is 1.14 bits per heavy atom. The summed E-state index contributed by atoms with van der Waals surface area (Å²) in [4.78, 5) is 60.7. The molecule has 1 aliphatic heterocycles. The summed E-state index contributed by atoms with van der Waals surface area (Å²) in [7, 11) is -2.41. The van der Waals surface area contributed by atoms with Gasteiger partial charge < -0.3 is 29.7 Å². The van der Waals surface area contributed by atoms with Gasteiger partial charge in [-0.2, -0.15) is 0 Å². The summed E-state index contributed by atoms with van der Waals surface area (Å²) in [5.41, 5.74) is -3.24. The van der Waals surface area contributed by atoms with Crippen LogP contribution in [0.5, 0.6) is 11.6 Å². The molecule has 1 aromatic carbocycles. The number of nitrogens with zero attached hydrogens (tertiary/aromatic N) is 2. The fourth-order valence-electron chi connectivity index (χ4n) is 6.19. The minimum Gasteiger partial charge on any atom is -0.495 e. The number of hydrogen-bond acceptors (Lipinski definition) is 10. The maximum absolute atomic E-state index is 14.4. The van der Waals surface area contributed by atoms with Crippen LogP contribution in [0.2, 0.25) is 5.02 Å². The SMILES string of the molecule is C=CC1CC1(NC(=O)C1CC(Oc2nccc3cc(OC)c(Cl)cc23)CN1C(=O)C(NC(=O)OC(C)(C)C)C(C)(C)C)C(=O)NS(=O)(=O)C1CC1. The van der Waals surface area contributed by atoms with Crippen molar-refractivity contribution in [1.29, 1.82) is 0 Å². The Hall–Kier alpha value is -4.11. The zero-order valence-corrected chi connectivity index (χ0v) is 31.4. The van der Waals surface area contributed by atoms with Crippen LogP contribution in [0.25, 0.3) is 10.8 Å². The van der Waals surface area contributed by atoms with Crippen LogP contribution in [0.15, 0.2) is 37.1 Å². The molecule has 278 valence electrons. The first-order chi connectivity index (χ1) is 23.7. The predicted molar refractivity (Wildman–Crippen MR) is 190 cm³/mol. The summed E-state index contributed by atoms with van der Waals surface area (Å²) in [5, 5.41) is 6.44. The Morgan fingerprint density at radius 2 is 1.82 bits per heavy atom. The number of carbonyl (C=O) groups excluding carboxylic acids is 4. The Morgan fingerprint density at radius 3 is 2.39 bits per heavy atom. The Balaban J connectivity index is 1.46. The molecule has 2 aromatic rings. The number of hydrogen-bond donors (Lipinski definition) is 3. The fourth-order valence-corrected chi connectivity index (χ4v) is 7.79. The van der Waals surface area contributed by atoms with Gasteiger partial charge in [0.05, 0.1) is 23.9 Å². The van der Waals surface area contributed by atoms with Crippen molar-refractivity contribution >= 4 is 56.2 Å². The van der Waals surface area contributed by atoms with Crippen LogP contribution in [0, 0.1) is 11.3 Å². The molecule has 4 amide bonds. The third kappa shape index (κ3) is 8.35. The van der Waals surface area contributed by atoms with Crippen molar-refractivity contribution in [2.45, 2.75) is 102 Å². The molecule has 2 aliphatic carbocycles. The van der Waals surface area contributed by atoms with E-state index in [1.165, 1.54) is 18.1 Å². The van der Waals surface area contributed by atoms with Crippen molar-refractivity contribution in [3.63, 3.8) is 0 Å². The number of ether oxygens (including phenoxy) is 3. The third-order valence-electron chi connectivity index (χ3n) is 9.15. The standard InChI is InChI=1S/C35H46ClN5O9S/c1-9-20-17-35(20,31(44)40-51(46,47)22-10-11-22)39-28(42)25-15-21(49-29-23-16-24(36)26(48-8)14-19(23)12-13-37-29)18-41(25)30(43)27(33(2,3)4)38-32(45)50-34(5,6)7/h9,12-14,16,20-22,25,27H,1,10-11,15,17-18H2,2-8H3,(H,38,45)(H,39,42)(H,40,44). The highest BCUT2D eigenvalue weighted by Gasteiger charge is 2.62. The van der Waals surface area contributed by atoms with Gasteiger partial charge in [0.2, 0.25) is 27.7 Å². The van der Waals surface area contributed by atoms with Crippen LogP contribution in [0.3, 0.4) is 0 Å². The summed E-state index contributed by atoms with van der Waals surface area (Å²) in [6.45, 7) is 14.1. The summed E-state index contributed by atoms with van der Waals surface area (Å²) >= 11 is 6.42. The van der Waals surface area contributed by atoms with Gasteiger partial charge in [-0.3, -0.25) is 19.1 Å². The number of alkyl carbamates (subject to hydrolysis) is 1. The van der Waals surface area contributed by atoms with Gasteiger partial charge in [-0.1, -0.05) is 38.4 Å². The average molecular weight is 748 g/mol. The highest BCUT2D eigenvalue weighted by atomic mass is 35.5. The quantitative estimate of drug-likeness (QED) is 0.286. The van der Waals surface area contributed by atoms with Gasteiger partial charge in [0.25, 0.3) is 5.91 Å². The summed E-state index contributed by atoms with van der Waals surface area (Å²) in [6, 6.07) is 2.84. The molecule has 2 saturated carbocycles. The number of aromatic nitrogens is 1. The number of methoxy groups -OCH3 is 1. The lowest BCUT2D eigenvalue weighted by Gasteiger charge is -2.36. The number of amides is 4. The van der Waals surface area contributed by atoms with E-state index in [0.717, 1.165) is 5.39 Å². The van der Waals surface area contributed by atoms with E-state index in [1.807, 2.05) is 0 Å². The monoisotopic (exact) mass is 747 g/mol. The zero-order chi connectivity index (χ0) is 37.7. The van der Waals surface area contributed by atoms with Gasteiger partial charge in [-0.15, -0.1) is 6.58 Å². The van der Waals surface area contributed by atoms with Crippen LogP contribution >= 0.6 is 11.6 Å². The zero-order valence-electron chi connectivity index (χ0n) is 29.9. The average Bonchev–Trinajstić information content (AvgIpc) is 3.95. The molecular weight excluding hydrogens is 702 g/mol. The van der Waals surface area contributed by atoms with Gasteiger partial charge in [0.1, 0.15) is 35.1 Å².